The third kappa shape index (κ3) is 3.68. The monoisotopic (exact) mass is 342 g/mol. The van der Waals surface area contributed by atoms with Crippen LogP contribution in [0.25, 0.3) is 11.5 Å². The van der Waals surface area contributed by atoms with E-state index in [1.54, 1.807) is 6.92 Å². The van der Waals surface area contributed by atoms with Gasteiger partial charge in [0.25, 0.3) is 5.91 Å². The fourth-order valence-corrected chi connectivity index (χ4v) is 3.15. The Kier molecular flexibility index (Phi) is 4.71. The number of hydrogen-bond acceptors (Lipinski definition) is 6. The Hall–Kier alpha value is -2.54. The molecule has 0 saturated heterocycles. The molecular formula is C17H18N4O2S. The first kappa shape index (κ1) is 16.3. The van der Waals surface area contributed by atoms with Crippen LogP contribution >= 0.6 is 11.3 Å². The SMILES string of the molecule is Cc1oc(-c2ccccc2)nc1C(=O)Nc1nnc(CC(C)C)s1. The van der Waals surface area contributed by atoms with E-state index in [9.17, 15) is 4.79 Å². The lowest BCUT2D eigenvalue weighted by molar-refractivity contribution is 0.102. The number of nitrogens with one attached hydrogen (secondary N) is 1. The Morgan fingerprint density at radius 2 is 2.00 bits per heavy atom. The van der Waals surface area contributed by atoms with E-state index in [4.69, 9.17) is 4.42 Å². The van der Waals surface area contributed by atoms with Gasteiger partial charge < -0.3 is 4.42 Å². The first-order chi connectivity index (χ1) is 11.5. The van der Waals surface area contributed by atoms with Gasteiger partial charge in [-0.25, -0.2) is 4.98 Å². The number of nitrogens with zero attached hydrogens (tertiary/aromatic N) is 3. The molecule has 1 amide bonds. The van der Waals surface area contributed by atoms with Crippen molar-refractivity contribution in [2.45, 2.75) is 27.2 Å². The summed E-state index contributed by atoms with van der Waals surface area (Å²) in [5.41, 5.74) is 1.09. The lowest BCUT2D eigenvalue weighted by Gasteiger charge is -1.98. The van der Waals surface area contributed by atoms with Crippen LogP contribution in [0.15, 0.2) is 34.7 Å². The normalized spacial score (nSPS) is 11.0. The van der Waals surface area contributed by atoms with Gasteiger partial charge in [0.15, 0.2) is 5.69 Å². The molecular weight excluding hydrogens is 324 g/mol. The maximum Gasteiger partial charge on any atom is 0.279 e. The third-order valence-electron chi connectivity index (χ3n) is 3.30. The summed E-state index contributed by atoms with van der Waals surface area (Å²) < 4.78 is 5.61. The smallest absolute Gasteiger partial charge is 0.279 e. The highest BCUT2D eigenvalue weighted by molar-refractivity contribution is 7.15. The van der Waals surface area contributed by atoms with Gasteiger partial charge >= 0.3 is 0 Å². The molecule has 0 bridgehead atoms. The van der Waals surface area contributed by atoms with Crippen LogP contribution in [0, 0.1) is 12.8 Å². The molecule has 1 aromatic carbocycles. The number of aromatic nitrogens is 3. The second kappa shape index (κ2) is 6.92. The molecule has 0 radical (unpaired) electrons. The van der Waals surface area contributed by atoms with E-state index < -0.39 is 0 Å². The maximum absolute atomic E-state index is 12.4. The minimum atomic E-state index is -0.342. The van der Waals surface area contributed by atoms with Crippen LogP contribution in [0.3, 0.4) is 0 Å². The van der Waals surface area contributed by atoms with E-state index >= 15 is 0 Å². The molecule has 7 heteroatoms. The van der Waals surface area contributed by atoms with E-state index in [0.717, 1.165) is 17.0 Å². The molecule has 0 spiro atoms. The van der Waals surface area contributed by atoms with Gasteiger partial charge in [-0.3, -0.25) is 10.1 Å². The largest absolute Gasteiger partial charge is 0.441 e. The third-order valence-corrected chi connectivity index (χ3v) is 4.16. The molecule has 0 aliphatic carbocycles. The van der Waals surface area contributed by atoms with Crippen LogP contribution in [-0.4, -0.2) is 21.1 Å². The lowest BCUT2D eigenvalue weighted by Crippen LogP contribution is -2.13. The van der Waals surface area contributed by atoms with Gasteiger partial charge in [0.1, 0.15) is 10.8 Å². The number of aryl methyl sites for hydroxylation is 1. The number of anilines is 1. The van der Waals surface area contributed by atoms with Gasteiger partial charge in [-0.15, -0.1) is 10.2 Å². The summed E-state index contributed by atoms with van der Waals surface area (Å²) in [6.07, 6.45) is 0.842. The number of carbonyl (C=O) groups excluding carboxylic acids is 1. The minimum Gasteiger partial charge on any atom is -0.441 e. The zero-order valence-corrected chi connectivity index (χ0v) is 14.6. The number of amides is 1. The summed E-state index contributed by atoms with van der Waals surface area (Å²) in [7, 11) is 0. The Bertz CT molecular complexity index is 839. The van der Waals surface area contributed by atoms with Crippen molar-refractivity contribution in [3.63, 3.8) is 0 Å². The quantitative estimate of drug-likeness (QED) is 0.759. The van der Waals surface area contributed by atoms with Crippen molar-refractivity contribution in [1.29, 1.82) is 0 Å². The Labute approximate surface area is 144 Å². The van der Waals surface area contributed by atoms with E-state index in [1.807, 2.05) is 30.3 Å². The zero-order valence-electron chi connectivity index (χ0n) is 13.7. The van der Waals surface area contributed by atoms with Crippen LogP contribution in [0.5, 0.6) is 0 Å². The summed E-state index contributed by atoms with van der Waals surface area (Å²) >= 11 is 1.38. The molecule has 0 aliphatic heterocycles. The Morgan fingerprint density at radius 1 is 1.25 bits per heavy atom. The fourth-order valence-electron chi connectivity index (χ4n) is 2.20. The van der Waals surface area contributed by atoms with Gasteiger partial charge in [-0.05, 0) is 25.0 Å². The second-order valence-electron chi connectivity index (χ2n) is 5.84. The average molecular weight is 342 g/mol. The van der Waals surface area contributed by atoms with Gasteiger partial charge in [0.05, 0.1) is 0 Å². The average Bonchev–Trinajstić information content (AvgIpc) is 3.14. The number of oxazole rings is 1. The second-order valence-corrected chi connectivity index (χ2v) is 6.90. The van der Waals surface area contributed by atoms with Crippen molar-refractivity contribution >= 4 is 22.4 Å². The van der Waals surface area contributed by atoms with Crippen LogP contribution in [-0.2, 0) is 6.42 Å². The van der Waals surface area contributed by atoms with Crippen molar-refractivity contribution in [3.8, 4) is 11.5 Å². The highest BCUT2D eigenvalue weighted by Crippen LogP contribution is 2.23. The molecule has 0 unspecified atom stereocenters. The zero-order chi connectivity index (χ0) is 17.1. The molecule has 0 aliphatic rings. The van der Waals surface area contributed by atoms with E-state index in [1.165, 1.54) is 11.3 Å². The summed E-state index contributed by atoms with van der Waals surface area (Å²) in [6, 6.07) is 9.47. The molecule has 1 N–H and O–H groups in total. The molecule has 124 valence electrons. The van der Waals surface area contributed by atoms with Crippen molar-refractivity contribution in [1.82, 2.24) is 15.2 Å². The van der Waals surface area contributed by atoms with E-state index in [-0.39, 0.29) is 11.6 Å². The summed E-state index contributed by atoms with van der Waals surface area (Å²) in [6.45, 7) is 5.95. The molecule has 6 nitrogen and oxygen atoms in total. The topological polar surface area (TPSA) is 80.9 Å². The molecule has 3 aromatic rings. The molecule has 2 aromatic heterocycles. The van der Waals surface area contributed by atoms with Crippen LogP contribution in [0.4, 0.5) is 5.13 Å². The molecule has 0 saturated carbocycles. The summed E-state index contributed by atoms with van der Waals surface area (Å²) in [4.78, 5) is 16.7. The van der Waals surface area contributed by atoms with Crippen molar-refractivity contribution in [2.75, 3.05) is 5.32 Å². The van der Waals surface area contributed by atoms with Crippen LogP contribution in [0.1, 0.15) is 35.1 Å². The number of benzene rings is 1. The minimum absolute atomic E-state index is 0.259. The van der Waals surface area contributed by atoms with Crippen molar-refractivity contribution in [2.24, 2.45) is 5.92 Å². The predicted octanol–water partition coefficient (Wildman–Crippen LogP) is 3.95. The van der Waals surface area contributed by atoms with Gasteiger partial charge in [-0.1, -0.05) is 43.4 Å². The summed E-state index contributed by atoms with van der Waals surface area (Å²) in [5, 5.41) is 12.2. The summed E-state index contributed by atoms with van der Waals surface area (Å²) in [5.74, 6) is 1.05. The lowest BCUT2D eigenvalue weighted by atomic mass is 10.1. The molecule has 0 fully saturated rings. The molecule has 24 heavy (non-hydrogen) atoms. The Morgan fingerprint density at radius 3 is 2.71 bits per heavy atom. The molecule has 2 heterocycles. The van der Waals surface area contributed by atoms with Gasteiger partial charge in [0.2, 0.25) is 11.0 Å². The molecule has 0 atom stereocenters. The number of rotatable bonds is 5. The fraction of sp³-hybridized carbons (Fsp3) is 0.294. The van der Waals surface area contributed by atoms with Crippen molar-refractivity contribution in [3.05, 3.63) is 46.8 Å². The van der Waals surface area contributed by atoms with Gasteiger partial charge in [0, 0.05) is 12.0 Å². The number of carbonyl (C=O) groups is 1. The van der Waals surface area contributed by atoms with E-state index in [2.05, 4.69) is 34.3 Å². The Balaban J connectivity index is 1.76. The van der Waals surface area contributed by atoms with Crippen LogP contribution < -0.4 is 5.32 Å². The van der Waals surface area contributed by atoms with E-state index in [0.29, 0.717) is 22.7 Å². The first-order valence-corrected chi connectivity index (χ1v) is 8.51. The van der Waals surface area contributed by atoms with Gasteiger partial charge in [-0.2, -0.15) is 0 Å². The maximum atomic E-state index is 12.4. The van der Waals surface area contributed by atoms with Crippen molar-refractivity contribution < 1.29 is 9.21 Å². The standard InChI is InChI=1S/C17H18N4O2S/c1-10(2)9-13-20-21-17(24-13)19-15(22)14-11(3)23-16(18-14)12-7-5-4-6-8-12/h4-8,10H,9H2,1-3H3,(H,19,21,22). The predicted molar refractivity (Wildman–Crippen MR) is 93.1 cm³/mol. The highest BCUT2D eigenvalue weighted by atomic mass is 32.1. The highest BCUT2D eigenvalue weighted by Gasteiger charge is 2.19. The molecule has 3 rings (SSSR count). The van der Waals surface area contributed by atoms with Crippen LogP contribution in [0.2, 0.25) is 0 Å². The number of hydrogen-bond donors (Lipinski definition) is 1. The first-order valence-electron chi connectivity index (χ1n) is 7.69.